The summed E-state index contributed by atoms with van der Waals surface area (Å²) in [6.45, 7) is 1.53. The molecule has 30 heavy (non-hydrogen) atoms. The Morgan fingerprint density at radius 2 is 1.87 bits per heavy atom. The van der Waals surface area contributed by atoms with E-state index in [1.54, 1.807) is 40.1 Å². The molecule has 3 aliphatic rings. The summed E-state index contributed by atoms with van der Waals surface area (Å²) in [6, 6.07) is 12.1. The third-order valence-corrected chi connectivity index (χ3v) is 5.88. The molecule has 2 heterocycles. The minimum Gasteiger partial charge on any atom is -0.486 e. The molecule has 2 aromatic carbocycles. The Morgan fingerprint density at radius 3 is 2.63 bits per heavy atom. The van der Waals surface area contributed by atoms with Gasteiger partial charge in [-0.2, -0.15) is 0 Å². The highest BCUT2D eigenvalue weighted by atomic mass is 19.1. The molecule has 1 unspecified atom stereocenters. The fraction of sp³-hybridized carbons (Fsp3) is 0.391. The summed E-state index contributed by atoms with van der Waals surface area (Å²) in [7, 11) is 0. The highest BCUT2D eigenvalue weighted by molar-refractivity contribution is 6.00. The fourth-order valence-corrected chi connectivity index (χ4v) is 4.14. The summed E-state index contributed by atoms with van der Waals surface area (Å²) in [5.74, 6) is 0.366. The van der Waals surface area contributed by atoms with E-state index in [-0.39, 0.29) is 36.6 Å². The Bertz CT molecular complexity index is 991. The highest BCUT2D eigenvalue weighted by Gasteiger charge is 2.41. The zero-order valence-electron chi connectivity index (χ0n) is 16.6. The summed E-state index contributed by atoms with van der Waals surface area (Å²) >= 11 is 0. The van der Waals surface area contributed by atoms with E-state index >= 15 is 0 Å². The van der Waals surface area contributed by atoms with Crippen LogP contribution in [-0.4, -0.2) is 42.5 Å². The lowest BCUT2D eigenvalue weighted by atomic mass is 10.1. The van der Waals surface area contributed by atoms with Crippen molar-refractivity contribution in [2.45, 2.75) is 31.8 Å². The molecule has 1 atom stereocenters. The molecule has 2 aromatic rings. The minimum absolute atomic E-state index is 0.0749. The number of benzene rings is 2. The first-order chi connectivity index (χ1) is 14.6. The lowest BCUT2D eigenvalue weighted by molar-refractivity contribution is -0.137. The normalized spacial score (nSPS) is 20.4. The van der Waals surface area contributed by atoms with E-state index in [1.807, 2.05) is 6.07 Å². The van der Waals surface area contributed by atoms with Crippen molar-refractivity contribution in [3.05, 3.63) is 53.8 Å². The number of halogens is 1. The van der Waals surface area contributed by atoms with Crippen molar-refractivity contribution in [3.63, 3.8) is 0 Å². The zero-order chi connectivity index (χ0) is 20.7. The van der Waals surface area contributed by atoms with Gasteiger partial charge in [0.05, 0.1) is 5.92 Å². The van der Waals surface area contributed by atoms with E-state index < -0.39 is 5.92 Å². The van der Waals surface area contributed by atoms with Crippen molar-refractivity contribution in [1.82, 2.24) is 4.90 Å². The molecule has 1 saturated heterocycles. The first-order valence-corrected chi connectivity index (χ1v) is 10.3. The third-order valence-electron chi connectivity index (χ3n) is 5.88. The number of hydrogen-bond acceptors (Lipinski definition) is 4. The van der Waals surface area contributed by atoms with Gasteiger partial charge in [-0.15, -0.1) is 0 Å². The molecule has 0 radical (unpaired) electrons. The molecule has 0 aromatic heterocycles. The fourth-order valence-electron chi connectivity index (χ4n) is 4.14. The number of hydrogen-bond donors (Lipinski definition) is 0. The number of carbonyl (C=O) groups excluding carboxylic acids is 2. The Kier molecular flexibility index (Phi) is 4.81. The number of carbonyl (C=O) groups is 2. The second-order valence-corrected chi connectivity index (χ2v) is 8.02. The van der Waals surface area contributed by atoms with Gasteiger partial charge in [-0.25, -0.2) is 4.39 Å². The molecular formula is C23H23FN2O4. The van der Waals surface area contributed by atoms with Gasteiger partial charge in [0.25, 0.3) is 0 Å². The minimum atomic E-state index is -0.432. The van der Waals surface area contributed by atoms with Crippen LogP contribution in [0.1, 0.15) is 24.8 Å². The smallest absolute Gasteiger partial charge is 0.228 e. The van der Waals surface area contributed by atoms with Gasteiger partial charge in [0.1, 0.15) is 19.0 Å². The van der Waals surface area contributed by atoms with Crippen LogP contribution in [0.3, 0.4) is 0 Å². The Hall–Kier alpha value is -3.09. The van der Waals surface area contributed by atoms with Gasteiger partial charge in [-0.3, -0.25) is 9.59 Å². The quantitative estimate of drug-likeness (QED) is 0.760. The van der Waals surface area contributed by atoms with Gasteiger partial charge in [0.2, 0.25) is 11.8 Å². The predicted molar refractivity (Wildman–Crippen MR) is 108 cm³/mol. The van der Waals surface area contributed by atoms with Crippen molar-refractivity contribution in [3.8, 4) is 11.5 Å². The lowest BCUT2D eigenvalue weighted by Gasteiger charge is -2.26. The number of anilines is 1. The first-order valence-electron chi connectivity index (χ1n) is 10.3. The molecule has 5 rings (SSSR count). The van der Waals surface area contributed by atoms with Gasteiger partial charge in [0.15, 0.2) is 11.5 Å². The Labute approximate surface area is 174 Å². The van der Waals surface area contributed by atoms with Crippen LogP contribution in [0.2, 0.25) is 0 Å². The third kappa shape index (κ3) is 3.60. The summed E-state index contributed by atoms with van der Waals surface area (Å²) in [4.78, 5) is 29.4. The zero-order valence-corrected chi connectivity index (χ0v) is 16.6. The predicted octanol–water partition coefficient (Wildman–Crippen LogP) is 3.14. The van der Waals surface area contributed by atoms with Crippen LogP contribution in [0.25, 0.3) is 0 Å². The molecule has 2 amide bonds. The van der Waals surface area contributed by atoms with Crippen LogP contribution in [0.15, 0.2) is 42.5 Å². The highest BCUT2D eigenvalue weighted by Crippen LogP contribution is 2.37. The second kappa shape index (κ2) is 7.63. The molecule has 2 fully saturated rings. The van der Waals surface area contributed by atoms with E-state index in [2.05, 4.69) is 0 Å². The first kappa shape index (κ1) is 18.9. The molecule has 6 nitrogen and oxygen atoms in total. The van der Waals surface area contributed by atoms with E-state index in [0.29, 0.717) is 42.5 Å². The molecule has 0 N–H and O–H groups in total. The van der Waals surface area contributed by atoms with Crippen LogP contribution >= 0.6 is 0 Å². The number of nitrogens with zero attached hydrogens (tertiary/aromatic N) is 2. The van der Waals surface area contributed by atoms with Gasteiger partial charge in [0, 0.05) is 42.9 Å². The SMILES string of the molecule is O=C1CC(C(=O)N(Cc2ccccc2F)C2CC2)CN1c1ccc2c(c1)OCCO2. The molecule has 0 spiro atoms. The number of fused-ring (bicyclic) bond motifs is 1. The molecular weight excluding hydrogens is 387 g/mol. The molecule has 156 valence electrons. The molecule has 7 heteroatoms. The monoisotopic (exact) mass is 410 g/mol. The largest absolute Gasteiger partial charge is 0.486 e. The number of ether oxygens (including phenoxy) is 2. The van der Waals surface area contributed by atoms with Crippen LogP contribution in [0.5, 0.6) is 11.5 Å². The Morgan fingerprint density at radius 1 is 1.10 bits per heavy atom. The average Bonchev–Trinajstić information content (AvgIpc) is 3.53. The lowest BCUT2D eigenvalue weighted by Crippen LogP contribution is -2.38. The summed E-state index contributed by atoms with van der Waals surface area (Å²) in [5.41, 5.74) is 1.21. The maximum Gasteiger partial charge on any atom is 0.228 e. The Balaban J connectivity index is 1.33. The van der Waals surface area contributed by atoms with Gasteiger partial charge < -0.3 is 19.3 Å². The standard InChI is InChI=1S/C23H23FN2O4/c24-19-4-2-1-3-15(19)13-26(17-5-6-17)23(28)16-11-22(27)25(14-16)18-7-8-20-21(12-18)30-10-9-29-20/h1-4,7-8,12,16-17H,5-6,9-11,13-14H2. The second-order valence-electron chi connectivity index (χ2n) is 8.02. The van der Waals surface area contributed by atoms with E-state index in [4.69, 9.17) is 9.47 Å². The van der Waals surface area contributed by atoms with Crippen LogP contribution < -0.4 is 14.4 Å². The van der Waals surface area contributed by atoms with Crippen LogP contribution in [0.4, 0.5) is 10.1 Å². The molecule has 1 aliphatic carbocycles. The van der Waals surface area contributed by atoms with Crippen molar-refractivity contribution in [2.75, 3.05) is 24.7 Å². The van der Waals surface area contributed by atoms with Crippen molar-refractivity contribution >= 4 is 17.5 Å². The maximum atomic E-state index is 14.1. The summed E-state index contributed by atoms with van der Waals surface area (Å²) < 4.78 is 25.3. The summed E-state index contributed by atoms with van der Waals surface area (Å²) in [6.07, 6.45) is 2.01. The van der Waals surface area contributed by atoms with E-state index in [0.717, 1.165) is 12.8 Å². The van der Waals surface area contributed by atoms with Crippen molar-refractivity contribution in [2.24, 2.45) is 5.92 Å². The van der Waals surface area contributed by atoms with E-state index in [1.165, 1.54) is 6.07 Å². The molecule has 2 aliphatic heterocycles. The topological polar surface area (TPSA) is 59.1 Å². The van der Waals surface area contributed by atoms with Gasteiger partial charge in [-0.05, 0) is 31.0 Å². The average molecular weight is 410 g/mol. The van der Waals surface area contributed by atoms with Crippen molar-refractivity contribution < 1.29 is 23.5 Å². The maximum absolute atomic E-state index is 14.1. The summed E-state index contributed by atoms with van der Waals surface area (Å²) in [5, 5.41) is 0. The van der Waals surface area contributed by atoms with Crippen molar-refractivity contribution in [1.29, 1.82) is 0 Å². The molecule has 0 bridgehead atoms. The number of amides is 2. The van der Waals surface area contributed by atoms with E-state index in [9.17, 15) is 14.0 Å². The van der Waals surface area contributed by atoms with Crippen LogP contribution in [-0.2, 0) is 16.1 Å². The molecule has 1 saturated carbocycles. The van der Waals surface area contributed by atoms with Crippen LogP contribution in [0, 0.1) is 11.7 Å². The van der Waals surface area contributed by atoms with Gasteiger partial charge >= 0.3 is 0 Å². The van der Waals surface area contributed by atoms with Gasteiger partial charge in [-0.1, -0.05) is 18.2 Å². The number of rotatable bonds is 5.